The van der Waals surface area contributed by atoms with E-state index in [2.05, 4.69) is 13.8 Å². The van der Waals surface area contributed by atoms with Gasteiger partial charge in [-0.1, -0.05) is 40.5 Å². The Balaban J connectivity index is 4.01. The Morgan fingerprint density at radius 3 is 1.79 bits per heavy atom. The third-order valence-corrected chi connectivity index (χ3v) is 2.37. The Hall–Kier alpha value is -0.530. The van der Waals surface area contributed by atoms with Crippen LogP contribution >= 0.6 is 0 Å². The maximum Gasteiger partial charge on any atom is 0.225 e. The van der Waals surface area contributed by atoms with E-state index in [-0.39, 0.29) is 5.92 Å². The minimum Gasteiger partial charge on any atom is -0.342 e. The molecule has 0 aliphatic heterocycles. The van der Waals surface area contributed by atoms with Gasteiger partial charge in [0.1, 0.15) is 0 Å². The molecular formula is C12H25NO. The summed E-state index contributed by atoms with van der Waals surface area (Å²) >= 11 is 0. The number of amides is 1. The molecule has 0 aliphatic rings. The highest BCUT2D eigenvalue weighted by molar-refractivity contribution is 5.78. The summed E-state index contributed by atoms with van der Waals surface area (Å²) in [6.45, 7) is 10.2. The van der Waals surface area contributed by atoms with Crippen molar-refractivity contribution in [1.82, 2.24) is 4.90 Å². The zero-order valence-electron chi connectivity index (χ0n) is 10.2. The molecule has 84 valence electrons. The summed E-state index contributed by atoms with van der Waals surface area (Å²) in [5.41, 5.74) is 0. The van der Waals surface area contributed by atoms with Crippen LogP contribution in [0.25, 0.3) is 0 Å². The second kappa shape index (κ2) is 7.84. The van der Waals surface area contributed by atoms with Crippen molar-refractivity contribution in [2.45, 2.75) is 53.4 Å². The molecule has 0 rings (SSSR count). The number of rotatable bonds is 7. The van der Waals surface area contributed by atoms with Crippen molar-refractivity contribution in [3.8, 4) is 0 Å². The summed E-state index contributed by atoms with van der Waals surface area (Å²) < 4.78 is 0. The Morgan fingerprint density at radius 1 is 1.07 bits per heavy atom. The molecule has 0 radical (unpaired) electrons. The molecule has 0 atom stereocenters. The van der Waals surface area contributed by atoms with E-state index < -0.39 is 0 Å². The third kappa shape index (κ3) is 5.25. The molecule has 0 aromatic heterocycles. The van der Waals surface area contributed by atoms with Gasteiger partial charge in [-0.2, -0.15) is 0 Å². The molecule has 0 unspecified atom stereocenters. The van der Waals surface area contributed by atoms with Gasteiger partial charge in [-0.05, 0) is 12.8 Å². The Morgan fingerprint density at radius 2 is 1.50 bits per heavy atom. The monoisotopic (exact) mass is 199 g/mol. The zero-order valence-corrected chi connectivity index (χ0v) is 10.2. The van der Waals surface area contributed by atoms with Crippen molar-refractivity contribution >= 4 is 5.91 Å². The van der Waals surface area contributed by atoms with Crippen LogP contribution < -0.4 is 0 Å². The van der Waals surface area contributed by atoms with Crippen LogP contribution in [0.2, 0.25) is 0 Å². The smallest absolute Gasteiger partial charge is 0.225 e. The molecule has 14 heavy (non-hydrogen) atoms. The first-order valence-corrected chi connectivity index (χ1v) is 5.92. The van der Waals surface area contributed by atoms with Gasteiger partial charge in [0.05, 0.1) is 0 Å². The van der Waals surface area contributed by atoms with Crippen molar-refractivity contribution in [3.63, 3.8) is 0 Å². The lowest BCUT2D eigenvalue weighted by molar-refractivity contribution is -0.134. The first-order chi connectivity index (χ1) is 6.63. The standard InChI is InChI=1S/C12H25NO/c1-5-7-9-13(10-8-6-2)12(14)11(3)4/h11H,5-10H2,1-4H3. The maximum absolute atomic E-state index is 11.8. The molecule has 0 aromatic rings. The molecule has 0 saturated carbocycles. The molecule has 0 aromatic carbocycles. The lowest BCUT2D eigenvalue weighted by atomic mass is 10.1. The Labute approximate surface area is 88.7 Å². The van der Waals surface area contributed by atoms with Crippen LogP contribution in [-0.2, 0) is 4.79 Å². The summed E-state index contributed by atoms with van der Waals surface area (Å²) in [4.78, 5) is 13.8. The van der Waals surface area contributed by atoms with Crippen molar-refractivity contribution in [1.29, 1.82) is 0 Å². The SMILES string of the molecule is CCCCN(CCCC)C(=O)C(C)C. The minimum atomic E-state index is 0.142. The molecule has 0 N–H and O–H groups in total. The van der Waals surface area contributed by atoms with Crippen molar-refractivity contribution < 1.29 is 4.79 Å². The Kier molecular flexibility index (Phi) is 7.54. The third-order valence-electron chi connectivity index (χ3n) is 2.37. The van der Waals surface area contributed by atoms with Gasteiger partial charge >= 0.3 is 0 Å². The molecule has 0 spiro atoms. The van der Waals surface area contributed by atoms with Crippen LogP contribution in [0.1, 0.15) is 53.4 Å². The lowest BCUT2D eigenvalue weighted by Gasteiger charge is -2.24. The summed E-state index contributed by atoms with van der Waals surface area (Å²) in [5, 5.41) is 0. The van der Waals surface area contributed by atoms with Gasteiger partial charge in [0.15, 0.2) is 0 Å². The highest BCUT2D eigenvalue weighted by Gasteiger charge is 2.15. The highest BCUT2D eigenvalue weighted by Crippen LogP contribution is 2.05. The summed E-state index contributed by atoms with van der Waals surface area (Å²) in [7, 11) is 0. The predicted octanol–water partition coefficient (Wildman–Crippen LogP) is 3.07. The van der Waals surface area contributed by atoms with Crippen LogP contribution in [0.3, 0.4) is 0 Å². The van der Waals surface area contributed by atoms with Gasteiger partial charge in [0.25, 0.3) is 0 Å². The van der Waals surface area contributed by atoms with Crippen LogP contribution in [0.4, 0.5) is 0 Å². The van der Waals surface area contributed by atoms with Gasteiger partial charge in [0.2, 0.25) is 5.91 Å². The normalized spacial score (nSPS) is 10.6. The summed E-state index contributed by atoms with van der Waals surface area (Å²) in [5.74, 6) is 0.454. The second-order valence-corrected chi connectivity index (χ2v) is 4.19. The van der Waals surface area contributed by atoms with E-state index in [1.165, 1.54) is 0 Å². The number of nitrogens with zero attached hydrogens (tertiary/aromatic N) is 1. The average Bonchev–Trinajstić information content (AvgIpc) is 2.17. The first-order valence-electron chi connectivity index (χ1n) is 5.92. The molecule has 2 heteroatoms. The topological polar surface area (TPSA) is 20.3 Å². The van der Waals surface area contributed by atoms with E-state index >= 15 is 0 Å². The number of carbonyl (C=O) groups excluding carboxylic acids is 1. The quantitative estimate of drug-likeness (QED) is 0.617. The number of hydrogen-bond donors (Lipinski definition) is 0. The highest BCUT2D eigenvalue weighted by atomic mass is 16.2. The molecule has 1 amide bonds. The fraction of sp³-hybridized carbons (Fsp3) is 0.917. The van der Waals surface area contributed by atoms with Crippen LogP contribution in [0.15, 0.2) is 0 Å². The Bertz CT molecular complexity index is 146. The lowest BCUT2D eigenvalue weighted by Crippen LogP contribution is -2.35. The number of carbonyl (C=O) groups is 1. The van der Waals surface area contributed by atoms with Crippen molar-refractivity contribution in [2.75, 3.05) is 13.1 Å². The maximum atomic E-state index is 11.8. The second-order valence-electron chi connectivity index (χ2n) is 4.19. The van der Waals surface area contributed by atoms with Gasteiger partial charge in [-0.25, -0.2) is 0 Å². The fourth-order valence-electron chi connectivity index (χ4n) is 1.40. The van der Waals surface area contributed by atoms with Gasteiger partial charge in [-0.15, -0.1) is 0 Å². The van der Waals surface area contributed by atoms with Gasteiger partial charge in [0, 0.05) is 19.0 Å². The number of hydrogen-bond acceptors (Lipinski definition) is 1. The average molecular weight is 199 g/mol. The largest absolute Gasteiger partial charge is 0.342 e. The summed E-state index contributed by atoms with van der Waals surface area (Å²) in [6.07, 6.45) is 4.58. The summed E-state index contributed by atoms with van der Waals surface area (Å²) in [6, 6.07) is 0. The van der Waals surface area contributed by atoms with E-state index in [1.54, 1.807) is 0 Å². The minimum absolute atomic E-state index is 0.142. The number of unbranched alkanes of at least 4 members (excludes halogenated alkanes) is 2. The molecule has 0 saturated heterocycles. The van der Waals surface area contributed by atoms with Crippen molar-refractivity contribution in [2.24, 2.45) is 5.92 Å². The van der Waals surface area contributed by atoms with E-state index in [0.717, 1.165) is 38.8 Å². The van der Waals surface area contributed by atoms with Crippen LogP contribution in [-0.4, -0.2) is 23.9 Å². The van der Waals surface area contributed by atoms with Crippen molar-refractivity contribution in [3.05, 3.63) is 0 Å². The van der Waals surface area contributed by atoms with E-state index in [9.17, 15) is 4.79 Å². The van der Waals surface area contributed by atoms with E-state index in [0.29, 0.717) is 5.91 Å². The fourth-order valence-corrected chi connectivity index (χ4v) is 1.40. The molecule has 0 heterocycles. The predicted molar refractivity (Wildman–Crippen MR) is 61.2 cm³/mol. The molecule has 0 bridgehead atoms. The van der Waals surface area contributed by atoms with E-state index in [4.69, 9.17) is 0 Å². The molecule has 0 fully saturated rings. The van der Waals surface area contributed by atoms with Gasteiger partial charge in [-0.3, -0.25) is 4.79 Å². The van der Waals surface area contributed by atoms with Crippen LogP contribution in [0.5, 0.6) is 0 Å². The van der Waals surface area contributed by atoms with E-state index in [1.807, 2.05) is 18.7 Å². The molecule has 2 nitrogen and oxygen atoms in total. The molecule has 0 aliphatic carbocycles. The first kappa shape index (κ1) is 13.5. The molecular weight excluding hydrogens is 174 g/mol. The van der Waals surface area contributed by atoms with Gasteiger partial charge < -0.3 is 4.90 Å². The zero-order chi connectivity index (χ0) is 11.0. The van der Waals surface area contributed by atoms with Crippen LogP contribution in [0, 0.1) is 5.92 Å².